The molecule has 7 nitrogen and oxygen atoms in total. The Kier molecular flexibility index (Phi) is 7.88. The third kappa shape index (κ3) is 6.71. The summed E-state index contributed by atoms with van der Waals surface area (Å²) in [5.41, 5.74) is 2.51. The largest absolute Gasteiger partial charge is 0.497 e. The van der Waals surface area contributed by atoms with Crippen molar-refractivity contribution in [2.24, 2.45) is 0 Å². The fraction of sp³-hybridized carbons (Fsp3) is 0.364. The van der Waals surface area contributed by atoms with Crippen molar-refractivity contribution in [3.8, 4) is 17.2 Å². The van der Waals surface area contributed by atoms with Gasteiger partial charge in [-0.1, -0.05) is 26.0 Å². The highest BCUT2D eigenvalue weighted by atomic mass is 16.6. The second-order valence-corrected chi connectivity index (χ2v) is 6.79. The normalized spacial score (nSPS) is 10.4. The summed E-state index contributed by atoms with van der Waals surface area (Å²) in [6.45, 7) is 5.35. The minimum Gasteiger partial charge on any atom is -0.497 e. The Morgan fingerprint density at radius 1 is 0.966 bits per heavy atom. The molecule has 0 unspecified atom stereocenters. The van der Waals surface area contributed by atoms with Crippen LogP contribution in [-0.2, 0) is 14.3 Å². The molecule has 0 radical (unpaired) electrons. The lowest BCUT2D eigenvalue weighted by Gasteiger charge is -2.14. The first-order chi connectivity index (χ1) is 13.8. The molecule has 0 fully saturated rings. The summed E-state index contributed by atoms with van der Waals surface area (Å²) in [6.07, 6.45) is 0. The fourth-order valence-electron chi connectivity index (χ4n) is 2.64. The maximum atomic E-state index is 12.1. The van der Waals surface area contributed by atoms with Crippen LogP contribution in [0.2, 0.25) is 0 Å². The van der Waals surface area contributed by atoms with Gasteiger partial charge in [-0.25, -0.2) is 4.79 Å². The number of anilines is 1. The first-order valence-corrected chi connectivity index (χ1v) is 9.24. The van der Waals surface area contributed by atoms with Gasteiger partial charge in [-0.2, -0.15) is 0 Å². The number of rotatable bonds is 9. The maximum absolute atomic E-state index is 12.1. The SMILES string of the molecule is COc1cc(NC(=O)COC(=O)COc2cc(C)ccc2C(C)C)cc(OC)c1. The van der Waals surface area contributed by atoms with Crippen molar-refractivity contribution in [2.45, 2.75) is 26.7 Å². The van der Waals surface area contributed by atoms with E-state index in [1.54, 1.807) is 18.2 Å². The molecule has 29 heavy (non-hydrogen) atoms. The Labute approximate surface area is 170 Å². The lowest BCUT2D eigenvalue weighted by molar-refractivity contribution is -0.149. The van der Waals surface area contributed by atoms with Gasteiger partial charge in [0, 0.05) is 23.9 Å². The number of ether oxygens (including phenoxy) is 4. The van der Waals surface area contributed by atoms with Crippen LogP contribution in [0.25, 0.3) is 0 Å². The minimum atomic E-state index is -0.625. The molecule has 2 rings (SSSR count). The summed E-state index contributed by atoms with van der Waals surface area (Å²) in [5, 5.41) is 2.64. The van der Waals surface area contributed by atoms with E-state index in [-0.39, 0.29) is 12.5 Å². The third-order valence-corrected chi connectivity index (χ3v) is 4.14. The van der Waals surface area contributed by atoms with Gasteiger partial charge in [0.2, 0.25) is 0 Å². The van der Waals surface area contributed by atoms with Crippen LogP contribution in [-0.4, -0.2) is 39.3 Å². The Balaban J connectivity index is 1.87. The molecule has 1 N–H and O–H groups in total. The molecule has 0 aromatic heterocycles. The number of benzene rings is 2. The van der Waals surface area contributed by atoms with E-state index in [1.165, 1.54) is 14.2 Å². The van der Waals surface area contributed by atoms with Gasteiger partial charge in [-0.3, -0.25) is 4.79 Å². The number of hydrogen-bond donors (Lipinski definition) is 1. The number of methoxy groups -OCH3 is 2. The standard InChI is InChI=1S/C22H27NO6/c1-14(2)19-7-6-15(3)8-20(19)28-13-22(25)29-12-21(24)23-16-9-17(26-4)11-18(10-16)27-5/h6-11,14H,12-13H2,1-5H3,(H,23,24). The molecule has 0 aliphatic carbocycles. The van der Waals surface area contributed by atoms with Crippen LogP contribution in [0.3, 0.4) is 0 Å². The summed E-state index contributed by atoms with van der Waals surface area (Å²) in [4.78, 5) is 24.0. The molecule has 0 aliphatic rings. The topological polar surface area (TPSA) is 83.1 Å². The van der Waals surface area contributed by atoms with E-state index in [0.717, 1.165) is 11.1 Å². The second kappa shape index (κ2) is 10.4. The molecular weight excluding hydrogens is 374 g/mol. The van der Waals surface area contributed by atoms with Crippen LogP contribution >= 0.6 is 0 Å². The maximum Gasteiger partial charge on any atom is 0.344 e. The van der Waals surface area contributed by atoms with E-state index < -0.39 is 18.5 Å². The van der Waals surface area contributed by atoms with E-state index in [1.807, 2.05) is 39.0 Å². The monoisotopic (exact) mass is 401 g/mol. The smallest absolute Gasteiger partial charge is 0.344 e. The molecule has 0 aliphatic heterocycles. The Morgan fingerprint density at radius 2 is 1.62 bits per heavy atom. The Hall–Kier alpha value is -3.22. The molecule has 0 atom stereocenters. The summed E-state index contributed by atoms with van der Waals surface area (Å²) in [6, 6.07) is 10.8. The molecular formula is C22H27NO6. The van der Waals surface area contributed by atoms with Gasteiger partial charge in [0.15, 0.2) is 13.2 Å². The average Bonchev–Trinajstić information content (AvgIpc) is 2.70. The molecule has 0 heterocycles. The average molecular weight is 401 g/mol. The highest BCUT2D eigenvalue weighted by Crippen LogP contribution is 2.27. The van der Waals surface area contributed by atoms with Crippen molar-refractivity contribution in [1.82, 2.24) is 0 Å². The number of hydrogen-bond acceptors (Lipinski definition) is 6. The molecule has 7 heteroatoms. The summed E-state index contributed by atoms with van der Waals surface area (Å²) in [7, 11) is 3.03. The second-order valence-electron chi connectivity index (χ2n) is 6.79. The third-order valence-electron chi connectivity index (χ3n) is 4.14. The summed E-state index contributed by atoms with van der Waals surface area (Å²) in [5.74, 6) is 0.858. The van der Waals surface area contributed by atoms with Gasteiger partial charge >= 0.3 is 5.97 Å². The number of esters is 1. The zero-order valence-electron chi connectivity index (χ0n) is 17.4. The Morgan fingerprint density at radius 3 is 2.21 bits per heavy atom. The zero-order chi connectivity index (χ0) is 21.4. The molecule has 0 spiro atoms. The molecule has 0 saturated carbocycles. The van der Waals surface area contributed by atoms with Crippen molar-refractivity contribution in [2.75, 3.05) is 32.8 Å². The molecule has 156 valence electrons. The summed E-state index contributed by atoms with van der Waals surface area (Å²) < 4.78 is 20.9. The predicted molar refractivity (Wildman–Crippen MR) is 110 cm³/mol. The van der Waals surface area contributed by atoms with Crippen LogP contribution in [0.5, 0.6) is 17.2 Å². The van der Waals surface area contributed by atoms with Gasteiger partial charge in [0.1, 0.15) is 17.2 Å². The van der Waals surface area contributed by atoms with Gasteiger partial charge in [-0.05, 0) is 30.0 Å². The van der Waals surface area contributed by atoms with Crippen molar-refractivity contribution < 1.29 is 28.5 Å². The van der Waals surface area contributed by atoms with Crippen LogP contribution < -0.4 is 19.5 Å². The number of carbonyl (C=O) groups is 2. The van der Waals surface area contributed by atoms with Crippen LogP contribution in [0.15, 0.2) is 36.4 Å². The predicted octanol–water partition coefficient (Wildman–Crippen LogP) is 3.70. The van der Waals surface area contributed by atoms with Crippen molar-refractivity contribution in [3.63, 3.8) is 0 Å². The van der Waals surface area contributed by atoms with Gasteiger partial charge in [0.05, 0.1) is 14.2 Å². The lowest BCUT2D eigenvalue weighted by Crippen LogP contribution is -2.23. The van der Waals surface area contributed by atoms with Gasteiger partial charge in [-0.15, -0.1) is 0 Å². The fourth-order valence-corrected chi connectivity index (χ4v) is 2.64. The molecule has 2 aromatic carbocycles. The lowest BCUT2D eigenvalue weighted by atomic mass is 10.0. The quantitative estimate of drug-likeness (QED) is 0.645. The van der Waals surface area contributed by atoms with E-state index in [9.17, 15) is 9.59 Å². The van der Waals surface area contributed by atoms with E-state index >= 15 is 0 Å². The number of carbonyl (C=O) groups excluding carboxylic acids is 2. The van der Waals surface area contributed by atoms with E-state index in [0.29, 0.717) is 22.9 Å². The highest BCUT2D eigenvalue weighted by molar-refractivity contribution is 5.93. The minimum absolute atomic E-state index is 0.257. The van der Waals surface area contributed by atoms with Crippen LogP contribution in [0, 0.1) is 6.92 Å². The number of nitrogens with one attached hydrogen (secondary N) is 1. The van der Waals surface area contributed by atoms with Gasteiger partial charge in [0.25, 0.3) is 5.91 Å². The highest BCUT2D eigenvalue weighted by Gasteiger charge is 2.13. The van der Waals surface area contributed by atoms with Crippen molar-refractivity contribution in [3.05, 3.63) is 47.5 Å². The molecule has 1 amide bonds. The van der Waals surface area contributed by atoms with Crippen LogP contribution in [0.1, 0.15) is 30.9 Å². The zero-order valence-corrected chi connectivity index (χ0v) is 17.4. The molecule has 2 aromatic rings. The molecule has 0 saturated heterocycles. The van der Waals surface area contributed by atoms with Crippen molar-refractivity contribution in [1.29, 1.82) is 0 Å². The van der Waals surface area contributed by atoms with E-state index in [2.05, 4.69) is 5.32 Å². The first kappa shape index (κ1) is 22.1. The summed E-state index contributed by atoms with van der Waals surface area (Å²) >= 11 is 0. The van der Waals surface area contributed by atoms with Crippen molar-refractivity contribution >= 4 is 17.6 Å². The number of amides is 1. The van der Waals surface area contributed by atoms with Gasteiger partial charge < -0.3 is 24.3 Å². The van der Waals surface area contributed by atoms with E-state index in [4.69, 9.17) is 18.9 Å². The first-order valence-electron chi connectivity index (χ1n) is 9.24. The number of aryl methyl sites for hydroxylation is 1. The van der Waals surface area contributed by atoms with Crippen LogP contribution in [0.4, 0.5) is 5.69 Å². The molecule has 0 bridgehead atoms. The Bertz CT molecular complexity index is 840.